The summed E-state index contributed by atoms with van der Waals surface area (Å²) in [7, 11) is 1.46. The molecule has 0 atom stereocenters. The Hall–Kier alpha value is -3.24. The van der Waals surface area contributed by atoms with Gasteiger partial charge in [0.1, 0.15) is 5.75 Å². The maximum absolute atomic E-state index is 13.7. The van der Waals surface area contributed by atoms with Gasteiger partial charge in [0, 0.05) is 24.6 Å². The summed E-state index contributed by atoms with van der Waals surface area (Å²) in [5.41, 5.74) is -1.30. The summed E-state index contributed by atoms with van der Waals surface area (Å²) < 4.78 is 74.0. The molecule has 1 aliphatic rings. The zero-order chi connectivity index (χ0) is 22.4. The van der Waals surface area contributed by atoms with Crippen molar-refractivity contribution in [2.45, 2.75) is 24.9 Å². The zero-order valence-electron chi connectivity index (χ0n) is 16.3. The Balaban J connectivity index is 1.77. The minimum Gasteiger partial charge on any atom is -0.497 e. The summed E-state index contributed by atoms with van der Waals surface area (Å²) in [5, 5.41) is 3.74. The molecule has 1 fully saturated rings. The van der Waals surface area contributed by atoms with Crippen molar-refractivity contribution >= 4 is 11.6 Å². The summed E-state index contributed by atoms with van der Waals surface area (Å²) in [6.07, 6.45) is -5.03. The lowest BCUT2D eigenvalue weighted by Gasteiger charge is -2.31. The van der Waals surface area contributed by atoms with Gasteiger partial charge in [-0.3, -0.25) is 4.79 Å². The normalized spacial score (nSPS) is 16.5. The number of ether oxygens (including phenoxy) is 1. The van der Waals surface area contributed by atoms with Crippen LogP contribution in [0, 0.1) is 0 Å². The molecule has 164 valence electrons. The van der Waals surface area contributed by atoms with Gasteiger partial charge in [0.2, 0.25) is 0 Å². The van der Waals surface area contributed by atoms with E-state index >= 15 is 0 Å². The molecule has 31 heavy (non-hydrogen) atoms. The van der Waals surface area contributed by atoms with Gasteiger partial charge in [0.15, 0.2) is 17.0 Å². The van der Waals surface area contributed by atoms with Gasteiger partial charge in [0.25, 0.3) is 11.8 Å². The van der Waals surface area contributed by atoms with Crippen LogP contribution in [0.3, 0.4) is 0 Å². The molecular formula is C20H17F5N4O2. The smallest absolute Gasteiger partial charge is 0.433 e. The number of hydrogen-bond acceptors (Lipinski definition) is 4. The number of amides is 1. The first-order valence-corrected chi connectivity index (χ1v) is 9.37. The highest BCUT2D eigenvalue weighted by Gasteiger charge is 2.39. The first kappa shape index (κ1) is 21.0. The van der Waals surface area contributed by atoms with Gasteiger partial charge >= 0.3 is 6.18 Å². The predicted octanol–water partition coefficient (Wildman–Crippen LogP) is 4.30. The molecule has 0 unspecified atom stereocenters. The number of hydrogen-bond donors (Lipinski definition) is 0. The second-order valence-electron chi connectivity index (χ2n) is 7.24. The fourth-order valence-corrected chi connectivity index (χ4v) is 3.49. The molecule has 1 amide bonds. The summed E-state index contributed by atoms with van der Waals surface area (Å²) in [4.78, 5) is 17.7. The van der Waals surface area contributed by atoms with E-state index in [1.54, 1.807) is 24.3 Å². The van der Waals surface area contributed by atoms with Crippen LogP contribution in [0.15, 0.2) is 36.4 Å². The SMILES string of the molecule is COc1ccc(-c2cc(C(F)(F)F)n3nc(C(=O)N4CCCC(F)(F)C4)cc3n2)cc1. The number of benzene rings is 1. The molecule has 0 aliphatic carbocycles. The van der Waals surface area contributed by atoms with E-state index in [0.717, 1.165) is 17.0 Å². The average molecular weight is 440 g/mol. The van der Waals surface area contributed by atoms with Crippen LogP contribution in [-0.4, -0.2) is 51.5 Å². The van der Waals surface area contributed by atoms with Gasteiger partial charge in [-0.25, -0.2) is 18.3 Å². The van der Waals surface area contributed by atoms with E-state index in [4.69, 9.17) is 4.74 Å². The van der Waals surface area contributed by atoms with Crippen LogP contribution in [0.4, 0.5) is 22.0 Å². The topological polar surface area (TPSA) is 59.7 Å². The number of piperidine rings is 1. The number of rotatable bonds is 3. The maximum atomic E-state index is 13.7. The highest BCUT2D eigenvalue weighted by Crippen LogP contribution is 2.33. The number of fused-ring (bicyclic) bond motifs is 1. The Bertz CT molecular complexity index is 1130. The molecule has 1 aromatic carbocycles. The molecule has 6 nitrogen and oxygen atoms in total. The summed E-state index contributed by atoms with van der Waals surface area (Å²) in [5.74, 6) is -3.37. The Kier molecular flexibility index (Phi) is 5.06. The number of carbonyl (C=O) groups excluding carboxylic acids is 1. The molecule has 4 rings (SSSR count). The second kappa shape index (κ2) is 7.47. The fourth-order valence-electron chi connectivity index (χ4n) is 3.49. The van der Waals surface area contributed by atoms with Crippen LogP contribution >= 0.6 is 0 Å². The molecule has 0 bridgehead atoms. The number of methoxy groups -OCH3 is 1. The highest BCUT2D eigenvalue weighted by atomic mass is 19.4. The van der Waals surface area contributed by atoms with Crippen LogP contribution in [0.1, 0.15) is 29.0 Å². The summed E-state index contributed by atoms with van der Waals surface area (Å²) >= 11 is 0. The van der Waals surface area contributed by atoms with Gasteiger partial charge in [-0.15, -0.1) is 0 Å². The lowest BCUT2D eigenvalue weighted by Crippen LogP contribution is -2.45. The van der Waals surface area contributed by atoms with E-state index < -0.39 is 30.2 Å². The fraction of sp³-hybridized carbons (Fsp3) is 0.350. The van der Waals surface area contributed by atoms with Crippen molar-refractivity contribution in [2.24, 2.45) is 0 Å². The minimum atomic E-state index is -4.78. The monoisotopic (exact) mass is 440 g/mol. The molecule has 11 heteroatoms. The van der Waals surface area contributed by atoms with Crippen molar-refractivity contribution in [3.8, 4) is 17.0 Å². The first-order chi connectivity index (χ1) is 14.6. The third kappa shape index (κ3) is 4.17. The standard InChI is InChI=1S/C20H17F5N4O2/c1-31-13-5-3-12(4-6-13)14-9-16(20(23,24)25)29-17(26-14)10-15(27-29)18(30)28-8-2-7-19(21,22)11-28/h3-6,9-10H,2,7-8,11H2,1H3. The van der Waals surface area contributed by atoms with E-state index in [9.17, 15) is 26.7 Å². The number of carbonyl (C=O) groups is 1. The van der Waals surface area contributed by atoms with E-state index in [2.05, 4.69) is 10.1 Å². The van der Waals surface area contributed by atoms with Crippen LogP contribution in [0.5, 0.6) is 5.75 Å². The van der Waals surface area contributed by atoms with Crippen LogP contribution < -0.4 is 4.74 Å². The van der Waals surface area contributed by atoms with Gasteiger partial charge < -0.3 is 9.64 Å². The molecular weight excluding hydrogens is 423 g/mol. The molecule has 0 radical (unpaired) electrons. The van der Waals surface area contributed by atoms with E-state index in [1.807, 2.05) is 0 Å². The predicted molar refractivity (Wildman–Crippen MR) is 100 cm³/mol. The quantitative estimate of drug-likeness (QED) is 0.570. The second-order valence-corrected chi connectivity index (χ2v) is 7.24. The van der Waals surface area contributed by atoms with Gasteiger partial charge in [-0.2, -0.15) is 18.3 Å². The average Bonchev–Trinajstić information content (AvgIpc) is 3.15. The molecule has 0 saturated carbocycles. The summed E-state index contributed by atoms with van der Waals surface area (Å²) in [6, 6.07) is 8.17. The van der Waals surface area contributed by atoms with Gasteiger partial charge in [-0.05, 0) is 36.8 Å². The molecule has 3 aromatic rings. The summed E-state index contributed by atoms with van der Waals surface area (Å²) in [6.45, 7) is -0.713. The Morgan fingerprint density at radius 1 is 1.16 bits per heavy atom. The first-order valence-electron chi connectivity index (χ1n) is 9.37. The van der Waals surface area contributed by atoms with E-state index in [-0.39, 0.29) is 36.4 Å². The van der Waals surface area contributed by atoms with E-state index in [1.165, 1.54) is 7.11 Å². The van der Waals surface area contributed by atoms with Gasteiger partial charge in [-0.1, -0.05) is 0 Å². The molecule has 1 saturated heterocycles. The van der Waals surface area contributed by atoms with Crippen LogP contribution in [-0.2, 0) is 6.18 Å². The lowest BCUT2D eigenvalue weighted by molar-refractivity contribution is -0.142. The van der Waals surface area contributed by atoms with Crippen LogP contribution in [0.2, 0.25) is 0 Å². The van der Waals surface area contributed by atoms with Crippen molar-refractivity contribution in [3.05, 3.63) is 47.8 Å². The Morgan fingerprint density at radius 2 is 1.87 bits per heavy atom. The molecule has 1 aliphatic heterocycles. The third-order valence-electron chi connectivity index (χ3n) is 5.00. The Morgan fingerprint density at radius 3 is 2.48 bits per heavy atom. The van der Waals surface area contributed by atoms with Crippen molar-refractivity contribution in [1.82, 2.24) is 19.5 Å². The number of likely N-dealkylation sites (tertiary alicyclic amines) is 1. The van der Waals surface area contributed by atoms with Crippen LogP contribution in [0.25, 0.3) is 16.9 Å². The molecule has 0 spiro atoms. The molecule has 0 N–H and O–H groups in total. The van der Waals surface area contributed by atoms with Crippen molar-refractivity contribution in [1.29, 1.82) is 0 Å². The number of halogens is 5. The molecule has 2 aromatic heterocycles. The number of aromatic nitrogens is 3. The maximum Gasteiger partial charge on any atom is 0.433 e. The Labute approximate surface area is 173 Å². The minimum absolute atomic E-state index is 0.0193. The van der Waals surface area contributed by atoms with Crippen molar-refractivity contribution in [2.75, 3.05) is 20.2 Å². The number of nitrogens with zero attached hydrogens (tertiary/aromatic N) is 4. The largest absolute Gasteiger partial charge is 0.497 e. The lowest BCUT2D eigenvalue weighted by atomic mass is 10.1. The zero-order valence-corrected chi connectivity index (χ0v) is 16.3. The van der Waals surface area contributed by atoms with Crippen molar-refractivity contribution < 1.29 is 31.5 Å². The highest BCUT2D eigenvalue weighted by molar-refractivity contribution is 5.93. The number of alkyl halides is 5. The van der Waals surface area contributed by atoms with E-state index in [0.29, 0.717) is 15.8 Å². The third-order valence-corrected chi connectivity index (χ3v) is 5.00. The van der Waals surface area contributed by atoms with Crippen molar-refractivity contribution in [3.63, 3.8) is 0 Å². The molecule has 3 heterocycles. The van der Waals surface area contributed by atoms with Gasteiger partial charge in [0.05, 0.1) is 19.3 Å².